The number of nitrogens with one attached hydrogen (secondary N) is 2. The van der Waals surface area contributed by atoms with Crippen LogP contribution in [0.25, 0.3) is 10.8 Å². The summed E-state index contributed by atoms with van der Waals surface area (Å²) in [5.74, 6) is 0. The van der Waals surface area contributed by atoms with Crippen LogP contribution in [0.2, 0.25) is 5.02 Å². The number of aromatic nitrogens is 2. The van der Waals surface area contributed by atoms with Crippen molar-refractivity contribution < 1.29 is 9.53 Å². The zero-order valence-electron chi connectivity index (χ0n) is 22.6. The van der Waals surface area contributed by atoms with Gasteiger partial charge in [0.25, 0.3) is 5.56 Å². The van der Waals surface area contributed by atoms with Gasteiger partial charge in [0.15, 0.2) is 0 Å². The van der Waals surface area contributed by atoms with Gasteiger partial charge in [-0.1, -0.05) is 72.3 Å². The molecule has 0 radical (unpaired) electrons. The van der Waals surface area contributed by atoms with E-state index in [2.05, 4.69) is 22.8 Å². The number of hydrogen-bond donors (Lipinski definition) is 2. The molecule has 1 unspecified atom stereocenters. The molecule has 4 aromatic rings. The summed E-state index contributed by atoms with van der Waals surface area (Å²) in [5, 5.41) is 13.1. The molecule has 8 heteroatoms. The van der Waals surface area contributed by atoms with Gasteiger partial charge in [0.2, 0.25) is 0 Å². The molecule has 4 rings (SSSR count). The predicted molar refractivity (Wildman–Crippen MR) is 156 cm³/mol. The number of alkyl carbamates (subject to hydrolysis) is 1. The van der Waals surface area contributed by atoms with Crippen LogP contribution in [0.15, 0.2) is 83.7 Å². The first-order valence-electron chi connectivity index (χ1n) is 13.2. The summed E-state index contributed by atoms with van der Waals surface area (Å²) >= 11 is 6.32. The zero-order chi connectivity index (χ0) is 27.8. The second-order valence-corrected chi connectivity index (χ2v) is 11.0. The molecule has 39 heavy (non-hydrogen) atoms. The zero-order valence-corrected chi connectivity index (χ0v) is 23.4. The van der Waals surface area contributed by atoms with Crippen molar-refractivity contribution in [3.63, 3.8) is 0 Å². The molecule has 1 atom stereocenters. The molecule has 0 bridgehead atoms. The molecule has 0 fully saturated rings. The molecule has 1 heterocycles. The Bertz CT molecular complexity index is 1450. The van der Waals surface area contributed by atoms with Crippen molar-refractivity contribution >= 4 is 28.5 Å². The van der Waals surface area contributed by atoms with Crippen molar-refractivity contribution in [2.24, 2.45) is 0 Å². The van der Waals surface area contributed by atoms with Crippen molar-refractivity contribution in [3.05, 3.63) is 111 Å². The Hall–Kier alpha value is -3.68. The minimum atomic E-state index is -0.553. The first kappa shape index (κ1) is 28.3. The van der Waals surface area contributed by atoms with E-state index in [0.717, 1.165) is 23.1 Å². The van der Waals surface area contributed by atoms with Crippen molar-refractivity contribution in [1.29, 1.82) is 0 Å². The maximum absolute atomic E-state index is 13.3. The van der Waals surface area contributed by atoms with Gasteiger partial charge in [-0.2, -0.15) is 5.10 Å². The minimum Gasteiger partial charge on any atom is -0.444 e. The van der Waals surface area contributed by atoms with Gasteiger partial charge in [0.05, 0.1) is 17.6 Å². The maximum Gasteiger partial charge on any atom is 0.407 e. The lowest BCUT2D eigenvalue weighted by Crippen LogP contribution is -2.38. The van der Waals surface area contributed by atoms with E-state index in [1.54, 1.807) is 18.2 Å². The van der Waals surface area contributed by atoms with Crippen molar-refractivity contribution in [1.82, 2.24) is 20.4 Å². The standard InChI is InChI=1S/C31H35ClN4O3/c1-31(2,3)39-30(38)33-17-16-25(18-22-10-6-4-7-11-22)34-20-28-27-19-24(32)14-15-26(27)29(37)36(35-28)21-23-12-8-5-9-13-23/h4-15,19,25,34H,16-18,20-21H2,1-3H3,(H,33,38). The molecule has 3 aromatic carbocycles. The molecule has 0 aliphatic carbocycles. The fraction of sp³-hybridized carbons (Fsp3) is 0.323. The highest BCUT2D eigenvalue weighted by Gasteiger charge is 2.18. The Kier molecular flexibility index (Phi) is 9.38. The fourth-order valence-electron chi connectivity index (χ4n) is 4.40. The molecule has 0 saturated heterocycles. The molecular weight excluding hydrogens is 512 g/mol. The molecule has 0 spiro atoms. The normalized spacial score (nSPS) is 12.3. The van der Waals surface area contributed by atoms with Crippen LogP contribution in [0.1, 0.15) is 44.0 Å². The maximum atomic E-state index is 13.3. The lowest BCUT2D eigenvalue weighted by Gasteiger charge is -2.22. The minimum absolute atomic E-state index is 0.0351. The quantitative estimate of drug-likeness (QED) is 0.266. The summed E-state index contributed by atoms with van der Waals surface area (Å²) in [4.78, 5) is 25.4. The highest BCUT2D eigenvalue weighted by Crippen LogP contribution is 2.20. The summed E-state index contributed by atoms with van der Waals surface area (Å²) in [6.45, 7) is 6.77. The van der Waals surface area contributed by atoms with E-state index in [1.807, 2.05) is 69.3 Å². The third-order valence-corrected chi connectivity index (χ3v) is 6.45. The van der Waals surface area contributed by atoms with Crippen LogP contribution in [-0.4, -0.2) is 34.1 Å². The van der Waals surface area contributed by atoms with Crippen LogP contribution in [0.5, 0.6) is 0 Å². The Balaban J connectivity index is 1.55. The van der Waals surface area contributed by atoms with Gasteiger partial charge >= 0.3 is 6.09 Å². The predicted octanol–water partition coefficient (Wildman–Crippen LogP) is 5.71. The molecule has 1 amide bonds. The summed E-state index contributed by atoms with van der Waals surface area (Å²) < 4.78 is 6.89. The Labute approximate surface area is 234 Å². The number of ether oxygens (including phenoxy) is 1. The van der Waals surface area contributed by atoms with Gasteiger partial charge in [-0.25, -0.2) is 9.48 Å². The number of hydrogen-bond acceptors (Lipinski definition) is 5. The third-order valence-electron chi connectivity index (χ3n) is 6.22. The van der Waals surface area contributed by atoms with Crippen LogP contribution in [0.4, 0.5) is 4.79 Å². The smallest absolute Gasteiger partial charge is 0.407 e. The van der Waals surface area contributed by atoms with E-state index in [-0.39, 0.29) is 11.6 Å². The number of rotatable bonds is 10. The van der Waals surface area contributed by atoms with Crippen molar-refractivity contribution in [2.75, 3.05) is 6.54 Å². The topological polar surface area (TPSA) is 85.2 Å². The van der Waals surface area contributed by atoms with Gasteiger partial charge in [0, 0.05) is 29.5 Å². The Morgan fingerprint density at radius 2 is 1.64 bits per heavy atom. The first-order chi connectivity index (χ1) is 18.7. The summed E-state index contributed by atoms with van der Waals surface area (Å²) in [7, 11) is 0. The van der Waals surface area contributed by atoms with Gasteiger partial charge in [-0.15, -0.1) is 0 Å². The van der Waals surface area contributed by atoms with Gasteiger partial charge in [-0.05, 0) is 62.9 Å². The highest BCUT2D eigenvalue weighted by molar-refractivity contribution is 6.31. The average molecular weight is 547 g/mol. The molecule has 1 aromatic heterocycles. The largest absolute Gasteiger partial charge is 0.444 e. The SMILES string of the molecule is CC(C)(C)OC(=O)NCCC(Cc1ccccc1)NCc1nn(Cc2ccccc2)c(=O)c2ccc(Cl)cc12. The molecule has 7 nitrogen and oxygen atoms in total. The Morgan fingerprint density at radius 1 is 0.974 bits per heavy atom. The number of carbonyl (C=O) groups is 1. The van der Waals surface area contributed by atoms with Gasteiger partial charge in [0.1, 0.15) is 5.60 Å². The van der Waals surface area contributed by atoms with E-state index in [4.69, 9.17) is 21.4 Å². The van der Waals surface area contributed by atoms with E-state index in [1.165, 1.54) is 10.2 Å². The lowest BCUT2D eigenvalue weighted by molar-refractivity contribution is 0.0526. The highest BCUT2D eigenvalue weighted by atomic mass is 35.5. The number of benzene rings is 3. The van der Waals surface area contributed by atoms with Crippen molar-refractivity contribution in [3.8, 4) is 0 Å². The van der Waals surface area contributed by atoms with Crippen LogP contribution in [0.3, 0.4) is 0 Å². The van der Waals surface area contributed by atoms with Gasteiger partial charge < -0.3 is 15.4 Å². The second-order valence-electron chi connectivity index (χ2n) is 10.6. The monoisotopic (exact) mass is 546 g/mol. The van der Waals surface area contributed by atoms with Crippen LogP contribution in [-0.2, 0) is 24.2 Å². The summed E-state index contributed by atoms with van der Waals surface area (Å²) in [5.41, 5.74) is 2.21. The van der Waals surface area contributed by atoms with Gasteiger partial charge in [-0.3, -0.25) is 4.79 Å². The van der Waals surface area contributed by atoms with Crippen molar-refractivity contribution in [2.45, 2.75) is 58.3 Å². The van der Waals surface area contributed by atoms with E-state index in [0.29, 0.717) is 36.5 Å². The second kappa shape index (κ2) is 12.9. The molecule has 204 valence electrons. The fourth-order valence-corrected chi connectivity index (χ4v) is 4.57. The molecular formula is C31H35ClN4O3. The lowest BCUT2D eigenvalue weighted by atomic mass is 10.0. The van der Waals surface area contributed by atoms with E-state index in [9.17, 15) is 9.59 Å². The van der Waals surface area contributed by atoms with Crippen LogP contribution < -0.4 is 16.2 Å². The summed E-state index contributed by atoms with van der Waals surface area (Å²) in [6, 6.07) is 25.3. The number of amides is 1. The molecule has 2 N–H and O–H groups in total. The Morgan fingerprint density at radius 3 is 2.31 bits per heavy atom. The number of fused-ring (bicyclic) bond motifs is 1. The number of nitrogens with zero attached hydrogens (tertiary/aromatic N) is 2. The molecule has 0 aliphatic heterocycles. The average Bonchev–Trinajstić information content (AvgIpc) is 2.89. The molecule has 0 saturated carbocycles. The molecule has 0 aliphatic rings. The summed E-state index contributed by atoms with van der Waals surface area (Å²) in [6.07, 6.45) is 1.01. The number of halogens is 1. The third kappa shape index (κ3) is 8.40. The number of carbonyl (C=O) groups excluding carboxylic acids is 1. The van der Waals surface area contributed by atoms with E-state index >= 15 is 0 Å². The van der Waals surface area contributed by atoms with Crippen LogP contribution in [0, 0.1) is 0 Å². The van der Waals surface area contributed by atoms with E-state index < -0.39 is 11.7 Å². The van der Waals surface area contributed by atoms with Crippen LogP contribution >= 0.6 is 11.6 Å². The first-order valence-corrected chi connectivity index (χ1v) is 13.5.